The standard InChI is InChI=1S/C29H45NO3/c1-18(2)30(3)25(31)21-8-20-9-22-14-27(13-20,15-23(22)11-21)28-12-19-6-5-7-29(17-28,26(32)33-4)24(10-19)16-28/h18-24H,5-17H2,1-4H3. The quantitative estimate of drug-likeness (QED) is 0.501. The average molecular weight is 456 g/mol. The van der Waals surface area contributed by atoms with Crippen LogP contribution in [0, 0.1) is 51.8 Å². The Hall–Kier alpha value is -1.06. The van der Waals surface area contributed by atoms with Crippen molar-refractivity contribution >= 4 is 11.9 Å². The van der Waals surface area contributed by atoms with Crippen LogP contribution in [-0.4, -0.2) is 37.0 Å². The summed E-state index contributed by atoms with van der Waals surface area (Å²) in [5.41, 5.74) is 0.581. The van der Waals surface area contributed by atoms with E-state index >= 15 is 0 Å². The zero-order valence-electron chi connectivity index (χ0n) is 21.4. The largest absolute Gasteiger partial charge is 0.469 e. The zero-order valence-corrected chi connectivity index (χ0v) is 21.4. The predicted octanol–water partition coefficient (Wildman–Crippen LogP) is 5.84. The number of rotatable bonds is 4. The lowest BCUT2D eigenvalue weighted by Crippen LogP contribution is -2.46. The van der Waals surface area contributed by atoms with Gasteiger partial charge in [0, 0.05) is 19.0 Å². The number of ether oxygens (including phenoxy) is 1. The van der Waals surface area contributed by atoms with Crippen molar-refractivity contribution in [1.29, 1.82) is 0 Å². The van der Waals surface area contributed by atoms with Gasteiger partial charge in [-0.1, -0.05) is 12.8 Å². The minimum Gasteiger partial charge on any atom is -0.469 e. The monoisotopic (exact) mass is 455 g/mol. The van der Waals surface area contributed by atoms with Crippen LogP contribution in [0.15, 0.2) is 0 Å². The van der Waals surface area contributed by atoms with Crippen LogP contribution in [0.2, 0.25) is 0 Å². The Kier molecular flexibility index (Phi) is 5.07. The van der Waals surface area contributed by atoms with Gasteiger partial charge in [-0.2, -0.15) is 0 Å². The van der Waals surface area contributed by atoms with E-state index in [4.69, 9.17) is 4.74 Å². The molecule has 0 aromatic heterocycles. The SMILES string of the molecule is COC(=O)C12CCCC3CC1CC(C14CC5CC(C(=O)N(C)C(C)C)CC(C1)C(C5)C4)(C3)C2. The average Bonchev–Trinajstić information content (AvgIpc) is 3.07. The van der Waals surface area contributed by atoms with Gasteiger partial charge in [0.2, 0.25) is 5.91 Å². The highest BCUT2D eigenvalue weighted by Crippen LogP contribution is 2.78. The van der Waals surface area contributed by atoms with Crippen LogP contribution >= 0.6 is 0 Å². The molecule has 0 aliphatic heterocycles. The first kappa shape index (κ1) is 22.4. The van der Waals surface area contributed by atoms with Crippen molar-refractivity contribution in [3.8, 4) is 0 Å². The third-order valence-electron chi connectivity index (χ3n) is 12.3. The van der Waals surface area contributed by atoms with Crippen molar-refractivity contribution in [3.05, 3.63) is 0 Å². The minimum absolute atomic E-state index is 0.112. The van der Waals surface area contributed by atoms with Gasteiger partial charge < -0.3 is 9.64 Å². The zero-order chi connectivity index (χ0) is 23.2. The molecule has 4 nitrogen and oxygen atoms in total. The van der Waals surface area contributed by atoms with Crippen LogP contribution in [0.1, 0.15) is 97.3 Å². The lowest BCUT2D eigenvalue weighted by molar-refractivity contribution is -0.156. The van der Waals surface area contributed by atoms with Crippen LogP contribution in [0.3, 0.4) is 0 Å². The van der Waals surface area contributed by atoms with Gasteiger partial charge in [0.15, 0.2) is 0 Å². The molecule has 6 rings (SSSR count). The molecule has 6 bridgehead atoms. The molecule has 9 atom stereocenters. The molecular weight excluding hydrogens is 410 g/mol. The summed E-state index contributed by atoms with van der Waals surface area (Å²) in [6, 6.07) is 0.283. The van der Waals surface area contributed by atoms with Crippen LogP contribution in [0.25, 0.3) is 0 Å². The summed E-state index contributed by atoms with van der Waals surface area (Å²) >= 11 is 0. The highest BCUT2D eigenvalue weighted by molar-refractivity contribution is 5.79. The summed E-state index contributed by atoms with van der Waals surface area (Å²) in [6.07, 6.45) is 16.2. The number of amides is 1. The molecule has 0 N–H and O–H groups in total. The normalized spacial score (nSPS) is 49.7. The summed E-state index contributed by atoms with van der Waals surface area (Å²) in [5, 5.41) is 0. The molecule has 6 saturated carbocycles. The first-order valence-electron chi connectivity index (χ1n) is 14.1. The number of nitrogens with zero attached hydrogens (tertiary/aromatic N) is 1. The Morgan fingerprint density at radius 3 is 2.36 bits per heavy atom. The molecule has 6 fully saturated rings. The van der Waals surface area contributed by atoms with E-state index in [-0.39, 0.29) is 23.3 Å². The van der Waals surface area contributed by atoms with Gasteiger partial charge in [-0.3, -0.25) is 9.59 Å². The van der Waals surface area contributed by atoms with Gasteiger partial charge in [0.1, 0.15) is 0 Å². The molecule has 0 aromatic rings. The smallest absolute Gasteiger partial charge is 0.312 e. The summed E-state index contributed by atoms with van der Waals surface area (Å²) in [4.78, 5) is 28.6. The van der Waals surface area contributed by atoms with Crippen LogP contribution in [0.4, 0.5) is 0 Å². The van der Waals surface area contributed by atoms with E-state index in [0.717, 1.165) is 43.4 Å². The molecule has 4 heteroatoms. The Morgan fingerprint density at radius 2 is 1.64 bits per heavy atom. The lowest BCUT2D eigenvalue weighted by atomic mass is 9.50. The number of carbonyl (C=O) groups excluding carboxylic acids is 2. The summed E-state index contributed by atoms with van der Waals surface area (Å²) in [6.45, 7) is 4.27. The molecule has 0 radical (unpaired) electrons. The van der Waals surface area contributed by atoms with Crippen LogP contribution in [0.5, 0.6) is 0 Å². The van der Waals surface area contributed by atoms with Crippen LogP contribution < -0.4 is 0 Å². The van der Waals surface area contributed by atoms with Crippen molar-refractivity contribution < 1.29 is 14.3 Å². The molecule has 6 aliphatic rings. The van der Waals surface area contributed by atoms with Gasteiger partial charge in [0.05, 0.1) is 12.5 Å². The van der Waals surface area contributed by atoms with Crippen LogP contribution in [-0.2, 0) is 14.3 Å². The van der Waals surface area contributed by atoms with E-state index in [1.807, 2.05) is 11.9 Å². The molecule has 0 aromatic carbocycles. The number of hydrogen-bond acceptors (Lipinski definition) is 3. The molecule has 184 valence electrons. The Labute approximate surface area is 200 Å². The Bertz CT molecular complexity index is 835. The van der Waals surface area contributed by atoms with E-state index in [0.29, 0.717) is 28.6 Å². The first-order valence-corrected chi connectivity index (χ1v) is 14.1. The number of carbonyl (C=O) groups is 2. The molecule has 1 amide bonds. The van der Waals surface area contributed by atoms with Gasteiger partial charge in [-0.25, -0.2) is 0 Å². The van der Waals surface area contributed by atoms with Gasteiger partial charge in [0.25, 0.3) is 0 Å². The van der Waals surface area contributed by atoms with E-state index in [2.05, 4.69) is 13.8 Å². The number of hydrogen-bond donors (Lipinski definition) is 0. The summed E-state index contributed by atoms with van der Waals surface area (Å²) in [5.74, 6) is 4.35. The fourth-order valence-corrected chi connectivity index (χ4v) is 11.0. The highest BCUT2D eigenvalue weighted by Gasteiger charge is 2.71. The van der Waals surface area contributed by atoms with Gasteiger partial charge in [-0.15, -0.1) is 0 Å². The fraction of sp³-hybridized carbons (Fsp3) is 0.931. The maximum atomic E-state index is 13.3. The third-order valence-corrected chi connectivity index (χ3v) is 12.3. The van der Waals surface area contributed by atoms with Crippen molar-refractivity contribution in [2.75, 3.05) is 14.2 Å². The van der Waals surface area contributed by atoms with E-state index in [1.165, 1.54) is 57.8 Å². The van der Waals surface area contributed by atoms with Gasteiger partial charge in [-0.05, 0) is 125 Å². The van der Waals surface area contributed by atoms with Crippen molar-refractivity contribution in [2.45, 2.75) is 103 Å². The summed E-state index contributed by atoms with van der Waals surface area (Å²) < 4.78 is 5.50. The van der Waals surface area contributed by atoms with E-state index < -0.39 is 0 Å². The second-order valence-electron chi connectivity index (χ2n) is 13.9. The van der Waals surface area contributed by atoms with Gasteiger partial charge >= 0.3 is 5.97 Å². The number of methoxy groups -OCH3 is 1. The highest BCUT2D eigenvalue weighted by atomic mass is 16.5. The molecule has 0 saturated heterocycles. The second-order valence-corrected chi connectivity index (χ2v) is 13.9. The van der Waals surface area contributed by atoms with E-state index in [9.17, 15) is 9.59 Å². The van der Waals surface area contributed by atoms with Crippen molar-refractivity contribution in [3.63, 3.8) is 0 Å². The Balaban J connectivity index is 1.31. The second kappa shape index (κ2) is 7.47. The molecule has 9 unspecified atom stereocenters. The Morgan fingerprint density at radius 1 is 0.909 bits per heavy atom. The molecule has 6 aliphatic carbocycles. The number of esters is 1. The third kappa shape index (κ3) is 3.07. The van der Waals surface area contributed by atoms with Crippen molar-refractivity contribution in [2.24, 2.45) is 51.8 Å². The maximum absolute atomic E-state index is 13.3. The van der Waals surface area contributed by atoms with E-state index in [1.54, 1.807) is 7.11 Å². The topological polar surface area (TPSA) is 46.6 Å². The molecular formula is C29H45NO3. The summed E-state index contributed by atoms with van der Waals surface area (Å²) in [7, 11) is 3.62. The lowest BCUT2D eigenvalue weighted by Gasteiger charge is -2.55. The first-order chi connectivity index (χ1) is 15.7. The molecule has 0 heterocycles. The fourth-order valence-electron chi connectivity index (χ4n) is 11.0. The molecule has 0 spiro atoms. The molecule has 33 heavy (non-hydrogen) atoms. The maximum Gasteiger partial charge on any atom is 0.312 e. The number of fused-ring (bicyclic) bond motifs is 5. The minimum atomic E-state index is -0.197. The van der Waals surface area contributed by atoms with Crippen molar-refractivity contribution in [1.82, 2.24) is 4.90 Å². The predicted molar refractivity (Wildman–Crippen MR) is 128 cm³/mol.